The van der Waals surface area contributed by atoms with Crippen molar-refractivity contribution in [2.24, 2.45) is 17.8 Å². The van der Waals surface area contributed by atoms with Crippen LogP contribution in [0, 0.1) is 27.9 Å². The summed E-state index contributed by atoms with van der Waals surface area (Å²) in [6, 6.07) is 0. The van der Waals surface area contributed by atoms with E-state index in [4.69, 9.17) is 5.11 Å². The molecule has 0 heterocycles. The Balaban J connectivity index is 2.75. The van der Waals surface area contributed by atoms with Crippen LogP contribution >= 0.6 is 0 Å². The van der Waals surface area contributed by atoms with Crippen molar-refractivity contribution in [3.8, 4) is 0 Å². The quantitative estimate of drug-likeness (QED) is 0.546. The molecular formula is C9H13NO5. The minimum atomic E-state index is -1.07. The van der Waals surface area contributed by atoms with Crippen molar-refractivity contribution in [3.05, 3.63) is 10.1 Å². The zero-order chi connectivity index (χ0) is 11.6. The molecular weight excluding hydrogens is 202 g/mol. The van der Waals surface area contributed by atoms with Crippen molar-refractivity contribution in [1.82, 2.24) is 0 Å². The summed E-state index contributed by atoms with van der Waals surface area (Å²) in [5.74, 6) is -2.42. The summed E-state index contributed by atoms with van der Waals surface area (Å²) in [7, 11) is 0. The molecule has 15 heavy (non-hydrogen) atoms. The molecule has 0 spiro atoms. The molecule has 0 aromatic rings. The standard InChI is InChI=1S/C9H13NO5/c1-5-2-8(11)6(3-9(12)13)7(5)4-10(14)15/h5-7H,2-4H2,1H3,(H,12,13)/t5-,6-,7+/m1/s1. The number of carbonyl (C=O) groups is 2. The molecule has 6 heteroatoms. The average Bonchev–Trinajstić information content (AvgIpc) is 2.30. The van der Waals surface area contributed by atoms with Crippen LogP contribution in [0.5, 0.6) is 0 Å². The van der Waals surface area contributed by atoms with Crippen molar-refractivity contribution in [2.45, 2.75) is 19.8 Å². The van der Waals surface area contributed by atoms with Gasteiger partial charge in [0.2, 0.25) is 6.54 Å². The van der Waals surface area contributed by atoms with E-state index >= 15 is 0 Å². The van der Waals surface area contributed by atoms with Crippen LogP contribution in [0.2, 0.25) is 0 Å². The van der Waals surface area contributed by atoms with E-state index in [0.717, 1.165) is 0 Å². The van der Waals surface area contributed by atoms with Crippen LogP contribution in [0.15, 0.2) is 0 Å². The number of nitrogens with zero attached hydrogens (tertiary/aromatic N) is 1. The molecule has 1 N–H and O–H groups in total. The van der Waals surface area contributed by atoms with Crippen LogP contribution in [0.1, 0.15) is 19.8 Å². The van der Waals surface area contributed by atoms with Gasteiger partial charge in [-0.2, -0.15) is 0 Å². The van der Waals surface area contributed by atoms with Crippen molar-refractivity contribution in [1.29, 1.82) is 0 Å². The number of ketones is 1. The fraction of sp³-hybridized carbons (Fsp3) is 0.778. The van der Waals surface area contributed by atoms with Crippen LogP contribution in [-0.2, 0) is 9.59 Å². The van der Waals surface area contributed by atoms with Crippen molar-refractivity contribution < 1.29 is 19.6 Å². The van der Waals surface area contributed by atoms with E-state index in [-0.39, 0.29) is 31.1 Å². The van der Waals surface area contributed by atoms with Crippen LogP contribution in [0.4, 0.5) is 0 Å². The molecule has 0 bridgehead atoms. The predicted molar refractivity (Wildman–Crippen MR) is 49.9 cm³/mol. The number of hydrogen-bond acceptors (Lipinski definition) is 4. The largest absolute Gasteiger partial charge is 0.481 e. The van der Waals surface area contributed by atoms with Gasteiger partial charge in [0.15, 0.2) is 0 Å². The normalized spacial score (nSPS) is 30.5. The van der Waals surface area contributed by atoms with Gasteiger partial charge in [-0.05, 0) is 5.92 Å². The van der Waals surface area contributed by atoms with Gasteiger partial charge < -0.3 is 5.11 Å². The third kappa shape index (κ3) is 2.74. The van der Waals surface area contributed by atoms with Gasteiger partial charge in [0.25, 0.3) is 0 Å². The second-order valence-corrected chi connectivity index (χ2v) is 4.03. The van der Waals surface area contributed by atoms with Gasteiger partial charge in [0.1, 0.15) is 5.78 Å². The van der Waals surface area contributed by atoms with Gasteiger partial charge in [0, 0.05) is 23.2 Å². The lowest BCUT2D eigenvalue weighted by atomic mass is 9.88. The van der Waals surface area contributed by atoms with Crippen LogP contribution in [-0.4, -0.2) is 28.3 Å². The summed E-state index contributed by atoms with van der Waals surface area (Å²) in [6.45, 7) is 1.44. The molecule has 0 aromatic heterocycles. The Morgan fingerprint density at radius 1 is 1.67 bits per heavy atom. The molecule has 1 saturated carbocycles. The van der Waals surface area contributed by atoms with E-state index in [0.29, 0.717) is 0 Å². The Hall–Kier alpha value is -1.46. The number of aliphatic carboxylic acids is 1. The fourth-order valence-corrected chi connectivity index (χ4v) is 2.19. The van der Waals surface area contributed by atoms with Gasteiger partial charge in [-0.3, -0.25) is 19.7 Å². The maximum Gasteiger partial charge on any atom is 0.304 e. The molecule has 0 aromatic carbocycles. The lowest BCUT2D eigenvalue weighted by molar-refractivity contribution is -0.490. The highest BCUT2D eigenvalue weighted by Crippen LogP contribution is 2.36. The fourth-order valence-electron chi connectivity index (χ4n) is 2.19. The molecule has 0 aliphatic heterocycles. The number of carbonyl (C=O) groups excluding carboxylic acids is 1. The van der Waals surface area contributed by atoms with Crippen LogP contribution in [0.25, 0.3) is 0 Å². The van der Waals surface area contributed by atoms with Crippen LogP contribution < -0.4 is 0 Å². The minimum Gasteiger partial charge on any atom is -0.481 e. The second kappa shape index (κ2) is 4.37. The van der Waals surface area contributed by atoms with Crippen molar-refractivity contribution in [2.75, 3.05) is 6.54 Å². The first-order chi connectivity index (χ1) is 6.91. The zero-order valence-electron chi connectivity index (χ0n) is 8.38. The maximum absolute atomic E-state index is 11.4. The number of nitro groups is 1. The summed E-state index contributed by atoms with van der Waals surface area (Å²) >= 11 is 0. The summed E-state index contributed by atoms with van der Waals surface area (Å²) in [6.07, 6.45) is -0.0296. The van der Waals surface area contributed by atoms with Gasteiger partial charge in [0.05, 0.1) is 6.42 Å². The molecule has 1 rings (SSSR count). The first kappa shape index (κ1) is 11.6. The van der Waals surface area contributed by atoms with E-state index in [1.54, 1.807) is 6.92 Å². The molecule has 0 amide bonds. The molecule has 6 nitrogen and oxygen atoms in total. The van der Waals surface area contributed by atoms with Gasteiger partial charge in [-0.15, -0.1) is 0 Å². The number of carboxylic acid groups (broad SMARTS) is 1. The Bertz CT molecular complexity index is 301. The summed E-state index contributed by atoms with van der Waals surface area (Å²) in [5, 5.41) is 19.0. The lowest BCUT2D eigenvalue weighted by Gasteiger charge is -2.15. The minimum absolute atomic E-state index is 0.0905. The average molecular weight is 215 g/mol. The Morgan fingerprint density at radius 2 is 2.27 bits per heavy atom. The van der Waals surface area contributed by atoms with E-state index in [9.17, 15) is 19.7 Å². The van der Waals surface area contributed by atoms with E-state index < -0.39 is 22.7 Å². The molecule has 1 aliphatic rings. The zero-order valence-corrected chi connectivity index (χ0v) is 8.38. The third-order valence-electron chi connectivity index (χ3n) is 2.94. The number of Topliss-reactive ketones (excluding diaryl/α,β-unsaturated/α-hetero) is 1. The summed E-state index contributed by atoms with van der Waals surface area (Å²) in [5.41, 5.74) is 0. The maximum atomic E-state index is 11.4. The number of carboxylic acids is 1. The SMILES string of the molecule is C[C@@H]1CC(=O)[C@H](CC(=O)O)[C@H]1C[N+](=O)[O-]. The number of hydrogen-bond donors (Lipinski definition) is 1. The van der Waals surface area contributed by atoms with Crippen molar-refractivity contribution in [3.63, 3.8) is 0 Å². The first-order valence-corrected chi connectivity index (χ1v) is 4.78. The van der Waals surface area contributed by atoms with E-state index in [2.05, 4.69) is 0 Å². The highest BCUT2D eigenvalue weighted by atomic mass is 16.6. The molecule has 84 valence electrons. The van der Waals surface area contributed by atoms with Gasteiger partial charge in [-0.25, -0.2) is 0 Å². The third-order valence-corrected chi connectivity index (χ3v) is 2.94. The predicted octanol–water partition coefficient (Wildman–Crippen LogP) is 0.579. The highest BCUT2D eigenvalue weighted by Gasteiger charge is 2.43. The number of rotatable bonds is 4. The molecule has 0 saturated heterocycles. The topological polar surface area (TPSA) is 97.5 Å². The van der Waals surface area contributed by atoms with Gasteiger partial charge >= 0.3 is 5.97 Å². The smallest absolute Gasteiger partial charge is 0.304 e. The molecule has 3 atom stereocenters. The summed E-state index contributed by atoms with van der Waals surface area (Å²) in [4.78, 5) is 31.9. The molecule has 1 aliphatic carbocycles. The van der Waals surface area contributed by atoms with Gasteiger partial charge in [-0.1, -0.05) is 6.92 Å². The first-order valence-electron chi connectivity index (χ1n) is 4.78. The van der Waals surface area contributed by atoms with Crippen LogP contribution in [0.3, 0.4) is 0 Å². The van der Waals surface area contributed by atoms with Crippen molar-refractivity contribution >= 4 is 11.8 Å². The monoisotopic (exact) mass is 215 g/mol. The second-order valence-electron chi connectivity index (χ2n) is 4.03. The lowest BCUT2D eigenvalue weighted by Crippen LogP contribution is -2.26. The molecule has 0 unspecified atom stereocenters. The molecule has 0 radical (unpaired) electrons. The van der Waals surface area contributed by atoms with E-state index in [1.165, 1.54) is 0 Å². The Labute approximate surface area is 86.4 Å². The highest BCUT2D eigenvalue weighted by molar-refractivity contribution is 5.87. The summed E-state index contributed by atoms with van der Waals surface area (Å²) < 4.78 is 0. The molecule has 1 fully saturated rings. The Kier molecular flexibility index (Phi) is 3.39. The van der Waals surface area contributed by atoms with E-state index in [1.807, 2.05) is 0 Å². The Morgan fingerprint density at radius 3 is 2.73 bits per heavy atom.